The van der Waals surface area contributed by atoms with Crippen LogP contribution in [0, 0.1) is 5.41 Å². The van der Waals surface area contributed by atoms with Crippen molar-refractivity contribution in [2.24, 2.45) is 11.1 Å². The molecule has 0 unspecified atom stereocenters. The van der Waals surface area contributed by atoms with Crippen LogP contribution in [0.15, 0.2) is 5.38 Å². The van der Waals surface area contributed by atoms with E-state index in [-0.39, 0.29) is 0 Å². The quantitative estimate of drug-likeness (QED) is 0.872. The lowest BCUT2D eigenvalue weighted by Crippen LogP contribution is -2.17. The number of aromatic nitrogens is 1. The van der Waals surface area contributed by atoms with Crippen LogP contribution in [0.25, 0.3) is 0 Å². The van der Waals surface area contributed by atoms with Crippen LogP contribution in [0.1, 0.15) is 55.1 Å². The number of thiazole rings is 1. The minimum Gasteiger partial charge on any atom is -0.330 e. The Morgan fingerprint density at radius 2 is 2.12 bits per heavy atom. The fourth-order valence-electron chi connectivity index (χ4n) is 2.77. The van der Waals surface area contributed by atoms with Crippen LogP contribution in [0.4, 0.5) is 0 Å². The van der Waals surface area contributed by atoms with E-state index < -0.39 is 0 Å². The number of nitrogens with two attached hydrogens (primary N) is 1. The van der Waals surface area contributed by atoms with Crippen LogP contribution in [0.2, 0.25) is 0 Å². The summed E-state index contributed by atoms with van der Waals surface area (Å²) in [5, 5.41) is 3.61. The molecule has 88 valence electrons. The van der Waals surface area contributed by atoms with Gasteiger partial charge in [0.1, 0.15) is 0 Å². The summed E-state index contributed by atoms with van der Waals surface area (Å²) in [7, 11) is 0. The largest absolute Gasteiger partial charge is 0.330 e. The number of hydrogen-bond donors (Lipinski definition) is 1. The standard InChI is InChI=1S/C13H20N2S/c14-9-13(5-6-13)7-12-15-11(8-16-12)10-3-1-2-4-10/h8,10H,1-7,9,14H2. The molecular weight excluding hydrogens is 216 g/mol. The molecule has 3 heteroatoms. The van der Waals surface area contributed by atoms with Gasteiger partial charge in [-0.15, -0.1) is 11.3 Å². The predicted molar refractivity (Wildman–Crippen MR) is 67.7 cm³/mol. The molecule has 2 aliphatic rings. The highest BCUT2D eigenvalue weighted by molar-refractivity contribution is 7.09. The van der Waals surface area contributed by atoms with Gasteiger partial charge in [-0.05, 0) is 37.6 Å². The van der Waals surface area contributed by atoms with E-state index in [1.807, 2.05) is 11.3 Å². The molecule has 0 saturated heterocycles. The van der Waals surface area contributed by atoms with Crippen molar-refractivity contribution >= 4 is 11.3 Å². The van der Waals surface area contributed by atoms with Gasteiger partial charge in [-0.25, -0.2) is 4.98 Å². The van der Waals surface area contributed by atoms with Crippen molar-refractivity contribution in [1.29, 1.82) is 0 Å². The third kappa shape index (κ3) is 2.03. The Kier molecular flexibility index (Phi) is 2.76. The molecule has 0 radical (unpaired) electrons. The minimum absolute atomic E-state index is 0.435. The average Bonchev–Trinajstić information content (AvgIpc) is 2.72. The summed E-state index contributed by atoms with van der Waals surface area (Å²) in [5.41, 5.74) is 7.62. The fraction of sp³-hybridized carbons (Fsp3) is 0.769. The van der Waals surface area contributed by atoms with Gasteiger partial charge in [0.15, 0.2) is 0 Å². The van der Waals surface area contributed by atoms with Crippen molar-refractivity contribution < 1.29 is 0 Å². The first-order valence-electron chi connectivity index (χ1n) is 6.46. The summed E-state index contributed by atoms with van der Waals surface area (Å²) < 4.78 is 0. The normalized spacial score (nSPS) is 23.8. The molecule has 1 aromatic heterocycles. The van der Waals surface area contributed by atoms with E-state index in [4.69, 9.17) is 10.7 Å². The molecular formula is C13H20N2S. The third-order valence-electron chi connectivity index (χ3n) is 4.26. The molecule has 1 aromatic rings. The molecule has 2 fully saturated rings. The molecule has 0 amide bonds. The summed E-state index contributed by atoms with van der Waals surface area (Å²) in [6, 6.07) is 0. The Hall–Kier alpha value is -0.410. The molecule has 16 heavy (non-hydrogen) atoms. The Bertz CT molecular complexity index is 362. The highest BCUT2D eigenvalue weighted by atomic mass is 32.1. The van der Waals surface area contributed by atoms with Gasteiger partial charge in [-0.3, -0.25) is 0 Å². The van der Waals surface area contributed by atoms with Gasteiger partial charge in [-0.1, -0.05) is 12.8 Å². The lowest BCUT2D eigenvalue weighted by Gasteiger charge is -2.09. The maximum Gasteiger partial charge on any atom is 0.0934 e. The second-order valence-electron chi connectivity index (χ2n) is 5.53. The van der Waals surface area contributed by atoms with Crippen LogP contribution < -0.4 is 5.73 Å². The molecule has 2 saturated carbocycles. The Balaban J connectivity index is 1.68. The second kappa shape index (κ2) is 4.11. The van der Waals surface area contributed by atoms with Gasteiger partial charge in [-0.2, -0.15) is 0 Å². The summed E-state index contributed by atoms with van der Waals surface area (Å²) in [5.74, 6) is 0.762. The molecule has 2 aliphatic carbocycles. The SMILES string of the molecule is NCC1(Cc2nc(C3CCCC3)cs2)CC1. The molecule has 2 nitrogen and oxygen atoms in total. The fourth-order valence-corrected chi connectivity index (χ4v) is 3.82. The molecule has 2 N–H and O–H groups in total. The third-order valence-corrected chi connectivity index (χ3v) is 5.13. The number of rotatable bonds is 4. The van der Waals surface area contributed by atoms with Crippen LogP contribution in [0.5, 0.6) is 0 Å². The smallest absolute Gasteiger partial charge is 0.0934 e. The maximum absolute atomic E-state index is 5.82. The maximum atomic E-state index is 5.82. The summed E-state index contributed by atoms with van der Waals surface area (Å²) in [6.45, 7) is 0.839. The van der Waals surface area contributed by atoms with Crippen LogP contribution in [0.3, 0.4) is 0 Å². The van der Waals surface area contributed by atoms with Crippen LogP contribution in [-0.2, 0) is 6.42 Å². The monoisotopic (exact) mass is 236 g/mol. The molecule has 1 heterocycles. The zero-order valence-corrected chi connectivity index (χ0v) is 10.6. The van der Waals surface area contributed by atoms with Crippen molar-refractivity contribution in [2.45, 2.75) is 50.9 Å². The van der Waals surface area contributed by atoms with E-state index in [0.717, 1.165) is 18.9 Å². The Labute approximate surface area is 101 Å². The Morgan fingerprint density at radius 3 is 2.75 bits per heavy atom. The molecule has 0 atom stereocenters. The molecule has 0 spiro atoms. The van der Waals surface area contributed by atoms with Gasteiger partial charge in [0.25, 0.3) is 0 Å². The molecule has 3 rings (SSSR count). The van der Waals surface area contributed by atoms with E-state index in [1.165, 1.54) is 49.2 Å². The van der Waals surface area contributed by atoms with E-state index >= 15 is 0 Å². The minimum atomic E-state index is 0.435. The topological polar surface area (TPSA) is 38.9 Å². The van der Waals surface area contributed by atoms with Crippen molar-refractivity contribution in [2.75, 3.05) is 6.54 Å². The van der Waals surface area contributed by atoms with Gasteiger partial charge < -0.3 is 5.73 Å². The highest BCUT2D eigenvalue weighted by Gasteiger charge is 2.41. The van der Waals surface area contributed by atoms with Gasteiger partial charge >= 0.3 is 0 Å². The zero-order chi connectivity index (χ0) is 11.0. The zero-order valence-electron chi connectivity index (χ0n) is 9.74. The first kappa shape index (κ1) is 10.7. The van der Waals surface area contributed by atoms with E-state index in [2.05, 4.69) is 5.38 Å². The number of hydrogen-bond acceptors (Lipinski definition) is 3. The average molecular weight is 236 g/mol. The van der Waals surface area contributed by atoms with Gasteiger partial charge in [0.05, 0.1) is 10.7 Å². The second-order valence-corrected chi connectivity index (χ2v) is 6.47. The van der Waals surface area contributed by atoms with E-state index in [0.29, 0.717) is 5.41 Å². The van der Waals surface area contributed by atoms with E-state index in [9.17, 15) is 0 Å². The van der Waals surface area contributed by atoms with Crippen molar-refractivity contribution in [1.82, 2.24) is 4.98 Å². The van der Waals surface area contributed by atoms with Crippen molar-refractivity contribution in [3.63, 3.8) is 0 Å². The lowest BCUT2D eigenvalue weighted by molar-refractivity contribution is 0.518. The predicted octanol–water partition coefficient (Wildman–Crippen LogP) is 3.08. The van der Waals surface area contributed by atoms with Crippen molar-refractivity contribution in [3.8, 4) is 0 Å². The van der Waals surface area contributed by atoms with E-state index in [1.54, 1.807) is 0 Å². The van der Waals surface area contributed by atoms with Crippen molar-refractivity contribution in [3.05, 3.63) is 16.1 Å². The molecule has 0 aromatic carbocycles. The van der Waals surface area contributed by atoms with Crippen LogP contribution in [-0.4, -0.2) is 11.5 Å². The Morgan fingerprint density at radius 1 is 1.38 bits per heavy atom. The molecule has 0 aliphatic heterocycles. The molecule has 0 bridgehead atoms. The summed E-state index contributed by atoms with van der Waals surface area (Å²) >= 11 is 1.85. The van der Waals surface area contributed by atoms with Crippen LogP contribution >= 0.6 is 11.3 Å². The van der Waals surface area contributed by atoms with Gasteiger partial charge in [0.2, 0.25) is 0 Å². The highest BCUT2D eigenvalue weighted by Crippen LogP contribution is 2.48. The first-order valence-corrected chi connectivity index (χ1v) is 7.34. The summed E-state index contributed by atoms with van der Waals surface area (Å²) in [6.07, 6.45) is 9.23. The number of nitrogens with zero attached hydrogens (tertiary/aromatic N) is 1. The first-order chi connectivity index (χ1) is 7.81. The lowest BCUT2D eigenvalue weighted by atomic mass is 10.0. The van der Waals surface area contributed by atoms with Gasteiger partial charge in [0, 0.05) is 17.7 Å². The summed E-state index contributed by atoms with van der Waals surface area (Å²) in [4.78, 5) is 4.83.